The van der Waals surface area contributed by atoms with Crippen LogP contribution in [0.15, 0.2) is 64.5 Å². The van der Waals surface area contributed by atoms with Crippen LogP contribution in [0, 0.1) is 0 Å². The molecule has 0 bridgehead atoms. The van der Waals surface area contributed by atoms with Crippen molar-refractivity contribution in [1.29, 1.82) is 0 Å². The zero-order valence-electron chi connectivity index (χ0n) is 15.9. The highest BCUT2D eigenvalue weighted by Crippen LogP contribution is 2.39. The second-order valence-corrected chi connectivity index (χ2v) is 8.73. The Labute approximate surface area is 188 Å². The number of thiocarbonyl (C=S) groups is 1. The van der Waals surface area contributed by atoms with Crippen molar-refractivity contribution >= 4 is 56.2 Å². The van der Waals surface area contributed by atoms with E-state index in [0.717, 1.165) is 16.5 Å². The van der Waals surface area contributed by atoms with E-state index in [2.05, 4.69) is 22.5 Å². The maximum absolute atomic E-state index is 12.9. The average Bonchev–Trinajstić information content (AvgIpc) is 2.98. The number of benzene rings is 2. The van der Waals surface area contributed by atoms with Crippen LogP contribution in [0.25, 0.3) is 6.08 Å². The molecule has 0 spiro atoms. The maximum Gasteiger partial charge on any atom is 0.266 e. The number of amides is 1. The molecule has 0 atom stereocenters. The van der Waals surface area contributed by atoms with E-state index in [1.807, 2.05) is 48.5 Å². The van der Waals surface area contributed by atoms with Gasteiger partial charge in [0.05, 0.1) is 16.5 Å². The van der Waals surface area contributed by atoms with Gasteiger partial charge in [0.25, 0.3) is 5.91 Å². The molecule has 1 heterocycles. The first-order valence-corrected chi connectivity index (χ1v) is 11.0. The van der Waals surface area contributed by atoms with Gasteiger partial charge in [-0.1, -0.05) is 67.0 Å². The summed E-state index contributed by atoms with van der Waals surface area (Å²) in [5, 5.41) is 0. The molecule has 29 heavy (non-hydrogen) atoms. The lowest BCUT2D eigenvalue weighted by Gasteiger charge is -2.14. The zero-order chi connectivity index (χ0) is 20.8. The molecule has 2 aromatic carbocycles. The number of hydrogen-bond donors (Lipinski definition) is 0. The molecule has 1 saturated heterocycles. The van der Waals surface area contributed by atoms with Crippen LogP contribution in [-0.2, 0) is 11.2 Å². The number of carbonyl (C=O) groups excluding carboxylic acids is 1. The van der Waals surface area contributed by atoms with E-state index >= 15 is 0 Å². The minimum Gasteiger partial charge on any atom is -0.493 e. The van der Waals surface area contributed by atoms with Gasteiger partial charge < -0.3 is 9.47 Å². The highest BCUT2D eigenvalue weighted by molar-refractivity contribution is 9.10. The van der Waals surface area contributed by atoms with Crippen LogP contribution >= 0.6 is 39.9 Å². The lowest BCUT2D eigenvalue weighted by Crippen LogP contribution is -2.30. The van der Waals surface area contributed by atoms with Crippen molar-refractivity contribution in [2.45, 2.75) is 6.42 Å². The SMILES string of the molecule is C=CCOc1c(Br)cc(/C=C2\SC(=S)N(CCc3ccccc3)C2=O)cc1OC. The largest absolute Gasteiger partial charge is 0.493 e. The van der Waals surface area contributed by atoms with E-state index in [1.165, 1.54) is 17.3 Å². The van der Waals surface area contributed by atoms with Crippen molar-refractivity contribution in [3.05, 3.63) is 75.6 Å². The summed E-state index contributed by atoms with van der Waals surface area (Å²) in [5.74, 6) is 1.10. The van der Waals surface area contributed by atoms with Crippen molar-refractivity contribution in [3.63, 3.8) is 0 Å². The molecular formula is C22H20BrNO3S2. The Balaban J connectivity index is 1.78. The summed E-state index contributed by atoms with van der Waals surface area (Å²) in [6.07, 6.45) is 4.25. The molecule has 0 N–H and O–H groups in total. The first-order chi connectivity index (χ1) is 14.0. The Hall–Kier alpha value is -2.09. The summed E-state index contributed by atoms with van der Waals surface area (Å²) in [5.41, 5.74) is 2.00. The van der Waals surface area contributed by atoms with Crippen LogP contribution in [0.4, 0.5) is 0 Å². The van der Waals surface area contributed by atoms with Crippen LogP contribution < -0.4 is 9.47 Å². The van der Waals surface area contributed by atoms with Crippen LogP contribution in [0.1, 0.15) is 11.1 Å². The van der Waals surface area contributed by atoms with Crippen molar-refractivity contribution in [2.24, 2.45) is 0 Å². The highest BCUT2D eigenvalue weighted by Gasteiger charge is 2.31. The van der Waals surface area contributed by atoms with E-state index in [9.17, 15) is 4.79 Å². The molecule has 1 amide bonds. The van der Waals surface area contributed by atoms with E-state index in [4.69, 9.17) is 21.7 Å². The van der Waals surface area contributed by atoms with E-state index in [1.54, 1.807) is 18.1 Å². The third-order valence-electron chi connectivity index (χ3n) is 4.24. The monoisotopic (exact) mass is 489 g/mol. The number of methoxy groups -OCH3 is 1. The van der Waals surface area contributed by atoms with Gasteiger partial charge in [-0.3, -0.25) is 9.69 Å². The molecule has 1 fully saturated rings. The van der Waals surface area contributed by atoms with Crippen LogP contribution in [0.2, 0.25) is 0 Å². The Bertz CT molecular complexity index is 960. The molecule has 3 rings (SSSR count). The third kappa shape index (κ3) is 5.29. The lowest BCUT2D eigenvalue weighted by molar-refractivity contribution is -0.122. The standard InChI is InChI=1S/C22H20BrNO3S2/c1-3-11-27-20-17(23)12-16(13-18(20)26-2)14-19-21(25)24(22(28)29-19)10-9-15-7-5-4-6-8-15/h3-8,12-14H,1,9-11H2,2H3/b19-14-. The molecule has 7 heteroatoms. The fraction of sp³-hybridized carbons (Fsp3) is 0.182. The molecule has 150 valence electrons. The van der Waals surface area contributed by atoms with Crippen molar-refractivity contribution in [1.82, 2.24) is 4.90 Å². The molecule has 0 saturated carbocycles. The Morgan fingerprint density at radius 1 is 1.28 bits per heavy atom. The zero-order valence-corrected chi connectivity index (χ0v) is 19.1. The van der Waals surface area contributed by atoms with Crippen LogP contribution in [0.5, 0.6) is 11.5 Å². The predicted octanol–water partition coefficient (Wildman–Crippen LogP) is 5.47. The number of carbonyl (C=O) groups is 1. The van der Waals surface area contributed by atoms with E-state index in [0.29, 0.717) is 33.9 Å². The molecule has 1 aliphatic heterocycles. The van der Waals surface area contributed by atoms with Gasteiger partial charge in [0.2, 0.25) is 0 Å². The predicted molar refractivity (Wildman–Crippen MR) is 126 cm³/mol. The average molecular weight is 490 g/mol. The van der Waals surface area contributed by atoms with E-state index < -0.39 is 0 Å². The lowest BCUT2D eigenvalue weighted by atomic mass is 10.1. The van der Waals surface area contributed by atoms with Gasteiger partial charge in [-0.15, -0.1) is 0 Å². The summed E-state index contributed by atoms with van der Waals surface area (Å²) in [6.45, 7) is 4.59. The van der Waals surface area contributed by atoms with Gasteiger partial charge in [-0.2, -0.15) is 0 Å². The quantitative estimate of drug-likeness (QED) is 0.279. The molecular weight excluding hydrogens is 470 g/mol. The van der Waals surface area contributed by atoms with Gasteiger partial charge in [-0.25, -0.2) is 0 Å². The molecule has 0 aromatic heterocycles. The summed E-state index contributed by atoms with van der Waals surface area (Å²) in [4.78, 5) is 15.1. The van der Waals surface area contributed by atoms with E-state index in [-0.39, 0.29) is 5.91 Å². The van der Waals surface area contributed by atoms with Gasteiger partial charge in [0.1, 0.15) is 10.9 Å². The molecule has 2 aromatic rings. The second-order valence-electron chi connectivity index (χ2n) is 6.20. The molecule has 0 aliphatic carbocycles. The number of halogens is 1. The van der Waals surface area contributed by atoms with Crippen LogP contribution in [-0.4, -0.2) is 35.4 Å². The van der Waals surface area contributed by atoms with Gasteiger partial charge in [0, 0.05) is 6.54 Å². The number of nitrogens with zero attached hydrogens (tertiary/aromatic N) is 1. The Kier molecular flexibility index (Phi) is 7.52. The fourth-order valence-corrected chi connectivity index (χ4v) is 4.72. The number of hydrogen-bond acceptors (Lipinski definition) is 5. The first-order valence-electron chi connectivity index (χ1n) is 8.94. The minimum absolute atomic E-state index is 0.0713. The smallest absolute Gasteiger partial charge is 0.266 e. The van der Waals surface area contributed by atoms with Crippen LogP contribution in [0.3, 0.4) is 0 Å². The molecule has 0 unspecified atom stereocenters. The Morgan fingerprint density at radius 2 is 2.03 bits per heavy atom. The summed E-state index contributed by atoms with van der Waals surface area (Å²) < 4.78 is 12.4. The van der Waals surface area contributed by atoms with Crippen molar-refractivity contribution in [3.8, 4) is 11.5 Å². The second kappa shape index (κ2) is 10.1. The third-order valence-corrected chi connectivity index (χ3v) is 6.20. The Morgan fingerprint density at radius 3 is 2.72 bits per heavy atom. The summed E-state index contributed by atoms with van der Waals surface area (Å²) >= 11 is 10.3. The normalized spacial score (nSPS) is 15.1. The first kappa shape index (κ1) is 21.6. The molecule has 4 nitrogen and oxygen atoms in total. The number of ether oxygens (including phenoxy) is 2. The topological polar surface area (TPSA) is 38.8 Å². The molecule has 1 aliphatic rings. The van der Waals surface area contributed by atoms with Crippen molar-refractivity contribution < 1.29 is 14.3 Å². The van der Waals surface area contributed by atoms with Gasteiger partial charge >= 0.3 is 0 Å². The molecule has 0 radical (unpaired) electrons. The number of thioether (sulfide) groups is 1. The van der Waals surface area contributed by atoms with Gasteiger partial charge in [0.15, 0.2) is 11.5 Å². The highest BCUT2D eigenvalue weighted by atomic mass is 79.9. The van der Waals surface area contributed by atoms with Gasteiger partial charge in [-0.05, 0) is 51.7 Å². The summed E-state index contributed by atoms with van der Waals surface area (Å²) in [6, 6.07) is 13.8. The number of rotatable bonds is 8. The fourth-order valence-electron chi connectivity index (χ4n) is 2.84. The summed E-state index contributed by atoms with van der Waals surface area (Å²) in [7, 11) is 1.58. The minimum atomic E-state index is -0.0713. The maximum atomic E-state index is 12.9. The van der Waals surface area contributed by atoms with Crippen molar-refractivity contribution in [2.75, 3.05) is 20.3 Å².